The highest BCUT2D eigenvalue weighted by Crippen LogP contribution is 2.20. The number of hydrogen-bond donors (Lipinski definition) is 0. The molecule has 0 aliphatic carbocycles. The van der Waals surface area contributed by atoms with E-state index in [1.165, 1.54) is 0 Å². The van der Waals surface area contributed by atoms with E-state index in [1.807, 2.05) is 37.3 Å². The van der Waals surface area contributed by atoms with Crippen LogP contribution in [0.4, 0.5) is 4.39 Å². The molecule has 1 aromatic rings. The number of Topliss-reactive ketones (excluding diaryl/α,β-unsaturated/α-hetero) is 1. The fourth-order valence-corrected chi connectivity index (χ4v) is 1.47. The van der Waals surface area contributed by atoms with Crippen molar-refractivity contribution in [3.05, 3.63) is 41.7 Å². The molecular weight excluding hydrogens is 203 g/mol. The maximum atomic E-state index is 13.7. The Morgan fingerprint density at radius 1 is 1.25 bits per heavy atom. The van der Waals surface area contributed by atoms with Gasteiger partial charge in [0.1, 0.15) is 0 Å². The lowest BCUT2D eigenvalue weighted by molar-refractivity contribution is -0.116. The van der Waals surface area contributed by atoms with Gasteiger partial charge in [0.15, 0.2) is 11.6 Å². The van der Waals surface area contributed by atoms with Crippen molar-refractivity contribution in [1.82, 2.24) is 0 Å². The van der Waals surface area contributed by atoms with Crippen LogP contribution in [0.5, 0.6) is 0 Å². The average molecular weight is 220 g/mol. The Morgan fingerprint density at radius 2 is 1.88 bits per heavy atom. The summed E-state index contributed by atoms with van der Waals surface area (Å²) in [5.74, 6) is -0.983. The quantitative estimate of drug-likeness (QED) is 0.681. The van der Waals surface area contributed by atoms with E-state index in [-0.39, 0.29) is 5.78 Å². The van der Waals surface area contributed by atoms with Gasteiger partial charge in [-0.25, -0.2) is 4.39 Å². The van der Waals surface area contributed by atoms with Crippen LogP contribution in [0.3, 0.4) is 0 Å². The average Bonchev–Trinajstić information content (AvgIpc) is 2.35. The first kappa shape index (κ1) is 12.6. The zero-order chi connectivity index (χ0) is 12.0. The Morgan fingerprint density at radius 3 is 2.44 bits per heavy atom. The van der Waals surface area contributed by atoms with Crippen LogP contribution in [0.2, 0.25) is 0 Å². The molecule has 0 bridgehead atoms. The molecule has 86 valence electrons. The second kappa shape index (κ2) is 6.21. The topological polar surface area (TPSA) is 17.1 Å². The van der Waals surface area contributed by atoms with E-state index in [4.69, 9.17) is 0 Å². The Balaban J connectivity index is 2.84. The van der Waals surface area contributed by atoms with Gasteiger partial charge >= 0.3 is 0 Å². The molecule has 0 saturated carbocycles. The number of hydrogen-bond acceptors (Lipinski definition) is 1. The van der Waals surface area contributed by atoms with Crippen molar-refractivity contribution in [2.24, 2.45) is 0 Å². The maximum Gasteiger partial charge on any atom is 0.191 e. The van der Waals surface area contributed by atoms with Crippen LogP contribution in [0, 0.1) is 0 Å². The van der Waals surface area contributed by atoms with E-state index in [1.54, 1.807) is 6.92 Å². The van der Waals surface area contributed by atoms with Gasteiger partial charge in [-0.3, -0.25) is 4.79 Å². The molecule has 0 aromatic heterocycles. The summed E-state index contributed by atoms with van der Waals surface area (Å²) in [7, 11) is 0. The van der Waals surface area contributed by atoms with Crippen LogP contribution in [0.15, 0.2) is 36.2 Å². The second-order valence-corrected chi connectivity index (χ2v) is 3.83. The highest BCUT2D eigenvalue weighted by Gasteiger charge is 2.12. The molecule has 1 rings (SSSR count). The number of ketones is 1. The molecule has 0 unspecified atom stereocenters. The zero-order valence-electron chi connectivity index (χ0n) is 9.79. The molecule has 0 spiro atoms. The molecule has 2 heteroatoms. The van der Waals surface area contributed by atoms with E-state index in [0.717, 1.165) is 18.4 Å². The van der Waals surface area contributed by atoms with Gasteiger partial charge in [-0.2, -0.15) is 0 Å². The Kier molecular flexibility index (Phi) is 4.90. The third-order valence-electron chi connectivity index (χ3n) is 2.54. The fraction of sp³-hybridized carbons (Fsp3) is 0.357. The molecule has 1 nitrogen and oxygen atoms in total. The van der Waals surface area contributed by atoms with E-state index >= 15 is 0 Å². The largest absolute Gasteiger partial charge is 0.292 e. The number of rotatable bonds is 5. The molecule has 0 heterocycles. The minimum Gasteiger partial charge on any atom is -0.292 e. The van der Waals surface area contributed by atoms with Gasteiger partial charge in [0, 0.05) is 6.42 Å². The summed E-state index contributed by atoms with van der Waals surface area (Å²) in [6, 6.07) is 9.16. The summed E-state index contributed by atoms with van der Waals surface area (Å²) < 4.78 is 13.7. The van der Waals surface area contributed by atoms with Crippen LogP contribution < -0.4 is 0 Å². The number of benzene rings is 1. The minimum atomic E-state index is -0.598. The van der Waals surface area contributed by atoms with Crippen molar-refractivity contribution >= 4 is 11.4 Å². The minimum absolute atomic E-state index is 0.298. The van der Waals surface area contributed by atoms with Crippen LogP contribution in [-0.4, -0.2) is 5.78 Å². The number of unbranched alkanes of at least 4 members (excludes halogenated alkanes) is 1. The molecule has 0 aliphatic heterocycles. The van der Waals surface area contributed by atoms with Crippen molar-refractivity contribution in [1.29, 1.82) is 0 Å². The smallest absolute Gasteiger partial charge is 0.191 e. The van der Waals surface area contributed by atoms with E-state index in [0.29, 0.717) is 12.0 Å². The van der Waals surface area contributed by atoms with Gasteiger partial charge in [0.25, 0.3) is 0 Å². The van der Waals surface area contributed by atoms with Crippen LogP contribution in [0.25, 0.3) is 5.57 Å². The standard InChI is InChI=1S/C14H17FO/c1-3-4-10-13(16)14(15)11(2)12-8-6-5-7-9-12/h5-9H,3-4,10H2,1-2H3/b14-11-. The van der Waals surface area contributed by atoms with Crippen molar-refractivity contribution in [2.75, 3.05) is 0 Å². The van der Waals surface area contributed by atoms with Crippen LogP contribution in [-0.2, 0) is 4.79 Å². The molecule has 0 saturated heterocycles. The molecule has 16 heavy (non-hydrogen) atoms. The van der Waals surface area contributed by atoms with Crippen molar-refractivity contribution in [3.63, 3.8) is 0 Å². The predicted molar refractivity (Wildman–Crippen MR) is 64.7 cm³/mol. The number of halogens is 1. The lowest BCUT2D eigenvalue weighted by atomic mass is 10.0. The summed E-state index contributed by atoms with van der Waals surface area (Å²) >= 11 is 0. The normalized spacial score (nSPS) is 12.2. The first-order valence-corrected chi connectivity index (χ1v) is 5.61. The molecule has 0 fully saturated rings. The molecule has 0 N–H and O–H groups in total. The summed E-state index contributed by atoms with van der Waals surface area (Å²) in [5, 5.41) is 0. The molecular formula is C14H17FO. The Labute approximate surface area is 96.0 Å². The summed E-state index contributed by atoms with van der Waals surface area (Å²) in [4.78, 5) is 11.5. The maximum absolute atomic E-state index is 13.7. The number of allylic oxidation sites excluding steroid dienone is 2. The molecule has 0 radical (unpaired) electrons. The monoisotopic (exact) mass is 220 g/mol. The van der Waals surface area contributed by atoms with Gasteiger partial charge in [0.05, 0.1) is 0 Å². The number of carbonyl (C=O) groups is 1. The number of carbonyl (C=O) groups excluding carboxylic acids is 1. The van der Waals surface area contributed by atoms with Gasteiger partial charge in [-0.05, 0) is 24.5 Å². The SMILES string of the molecule is CCCCC(=O)/C(F)=C(\C)c1ccccc1. The van der Waals surface area contributed by atoms with Crippen LogP contribution in [0.1, 0.15) is 38.7 Å². The lowest BCUT2D eigenvalue weighted by Gasteiger charge is -2.03. The first-order valence-electron chi connectivity index (χ1n) is 5.61. The highest BCUT2D eigenvalue weighted by molar-refractivity contribution is 6.00. The van der Waals surface area contributed by atoms with Gasteiger partial charge < -0.3 is 0 Å². The van der Waals surface area contributed by atoms with Gasteiger partial charge in [-0.1, -0.05) is 43.7 Å². The van der Waals surface area contributed by atoms with Crippen LogP contribution >= 0.6 is 0 Å². The van der Waals surface area contributed by atoms with Crippen molar-refractivity contribution < 1.29 is 9.18 Å². The molecule has 1 aromatic carbocycles. The Hall–Kier alpha value is -1.44. The molecule has 0 aliphatic rings. The summed E-state index contributed by atoms with van der Waals surface area (Å²) in [6.45, 7) is 3.63. The third kappa shape index (κ3) is 3.30. The Bertz CT molecular complexity index is 379. The van der Waals surface area contributed by atoms with E-state index < -0.39 is 5.83 Å². The fourth-order valence-electron chi connectivity index (χ4n) is 1.47. The lowest BCUT2D eigenvalue weighted by Crippen LogP contribution is -2.00. The summed E-state index contributed by atoms with van der Waals surface area (Å²) in [6.07, 6.45) is 1.95. The van der Waals surface area contributed by atoms with Gasteiger partial charge in [-0.15, -0.1) is 0 Å². The summed E-state index contributed by atoms with van der Waals surface area (Å²) in [5.41, 5.74) is 1.20. The third-order valence-corrected chi connectivity index (χ3v) is 2.54. The van der Waals surface area contributed by atoms with Crippen molar-refractivity contribution in [3.8, 4) is 0 Å². The molecule has 0 amide bonds. The first-order chi connectivity index (χ1) is 7.66. The van der Waals surface area contributed by atoms with E-state index in [9.17, 15) is 9.18 Å². The zero-order valence-corrected chi connectivity index (χ0v) is 9.79. The second-order valence-electron chi connectivity index (χ2n) is 3.83. The van der Waals surface area contributed by atoms with E-state index in [2.05, 4.69) is 0 Å². The van der Waals surface area contributed by atoms with Crippen molar-refractivity contribution in [2.45, 2.75) is 33.1 Å². The van der Waals surface area contributed by atoms with Gasteiger partial charge in [0.2, 0.25) is 0 Å². The highest BCUT2D eigenvalue weighted by atomic mass is 19.1. The predicted octanol–water partition coefficient (Wildman–Crippen LogP) is 4.15. The molecule has 0 atom stereocenters.